The van der Waals surface area contributed by atoms with E-state index in [9.17, 15) is 4.79 Å². The second-order valence-electron chi connectivity index (χ2n) is 4.05. The van der Waals surface area contributed by atoms with Crippen molar-refractivity contribution in [3.05, 3.63) is 42.0 Å². The third-order valence-electron chi connectivity index (χ3n) is 2.61. The van der Waals surface area contributed by atoms with Crippen LogP contribution in [0.4, 0.5) is 0 Å². The van der Waals surface area contributed by atoms with Gasteiger partial charge in [0.1, 0.15) is 17.9 Å². The molecular formula is C13H16N4O2. The van der Waals surface area contributed by atoms with E-state index < -0.39 is 0 Å². The minimum absolute atomic E-state index is 0.0700. The van der Waals surface area contributed by atoms with Crippen LogP contribution < -0.4 is 4.74 Å². The van der Waals surface area contributed by atoms with Crippen molar-refractivity contribution < 1.29 is 9.53 Å². The molecule has 0 spiro atoms. The first-order chi connectivity index (χ1) is 9.20. The molecule has 1 aromatic heterocycles. The zero-order chi connectivity index (χ0) is 13.7. The molecule has 0 aliphatic rings. The molecule has 100 valence electrons. The Morgan fingerprint density at radius 3 is 2.68 bits per heavy atom. The number of rotatable bonds is 5. The summed E-state index contributed by atoms with van der Waals surface area (Å²) in [5, 5.41) is 6.47. The molecule has 1 aromatic carbocycles. The highest BCUT2D eigenvalue weighted by atomic mass is 16.5. The fraction of sp³-hybridized carbons (Fsp3) is 0.308. The summed E-state index contributed by atoms with van der Waals surface area (Å²) in [5.74, 6) is 1.35. The van der Waals surface area contributed by atoms with E-state index in [0.29, 0.717) is 24.5 Å². The van der Waals surface area contributed by atoms with Crippen LogP contribution in [0.3, 0.4) is 0 Å². The van der Waals surface area contributed by atoms with Crippen molar-refractivity contribution in [2.45, 2.75) is 13.5 Å². The molecule has 19 heavy (non-hydrogen) atoms. The second kappa shape index (κ2) is 5.99. The van der Waals surface area contributed by atoms with Gasteiger partial charge in [0.2, 0.25) is 0 Å². The molecule has 0 radical (unpaired) electrons. The lowest BCUT2D eigenvalue weighted by atomic mass is 10.2. The first-order valence-electron chi connectivity index (χ1n) is 6.03. The number of aromatic amines is 1. The minimum atomic E-state index is -0.0700. The van der Waals surface area contributed by atoms with Crippen molar-refractivity contribution in [1.82, 2.24) is 20.1 Å². The van der Waals surface area contributed by atoms with Gasteiger partial charge in [0.25, 0.3) is 5.91 Å². The van der Waals surface area contributed by atoms with E-state index >= 15 is 0 Å². The Hall–Kier alpha value is -2.37. The van der Waals surface area contributed by atoms with Gasteiger partial charge >= 0.3 is 0 Å². The van der Waals surface area contributed by atoms with Crippen LogP contribution in [-0.2, 0) is 6.54 Å². The van der Waals surface area contributed by atoms with Crippen LogP contribution in [0.25, 0.3) is 0 Å². The van der Waals surface area contributed by atoms with Gasteiger partial charge in [0.15, 0.2) is 0 Å². The van der Waals surface area contributed by atoms with Crippen LogP contribution >= 0.6 is 0 Å². The first kappa shape index (κ1) is 13.1. The number of nitrogens with one attached hydrogen (secondary N) is 1. The summed E-state index contributed by atoms with van der Waals surface area (Å²) in [6, 6.07) is 7.09. The lowest BCUT2D eigenvalue weighted by molar-refractivity contribution is 0.0781. The molecule has 6 nitrogen and oxygen atoms in total. The quantitative estimate of drug-likeness (QED) is 0.883. The maximum Gasteiger partial charge on any atom is 0.254 e. The molecule has 0 aliphatic carbocycles. The number of H-pyrrole nitrogens is 1. The molecule has 0 bridgehead atoms. The van der Waals surface area contributed by atoms with Gasteiger partial charge < -0.3 is 9.64 Å². The molecule has 1 N–H and O–H groups in total. The highest BCUT2D eigenvalue weighted by Crippen LogP contribution is 2.13. The van der Waals surface area contributed by atoms with Gasteiger partial charge in [-0.25, -0.2) is 4.98 Å². The van der Waals surface area contributed by atoms with Gasteiger partial charge in [-0.15, -0.1) is 0 Å². The third kappa shape index (κ3) is 3.31. The van der Waals surface area contributed by atoms with E-state index in [4.69, 9.17) is 4.74 Å². The maximum atomic E-state index is 12.2. The van der Waals surface area contributed by atoms with Gasteiger partial charge in [0, 0.05) is 12.6 Å². The number of carbonyl (C=O) groups is 1. The Labute approximate surface area is 111 Å². The van der Waals surface area contributed by atoms with Crippen LogP contribution in [0, 0.1) is 0 Å². The van der Waals surface area contributed by atoms with Crippen LogP contribution in [-0.4, -0.2) is 39.6 Å². The molecule has 0 fully saturated rings. The number of aromatic nitrogens is 3. The molecule has 2 aromatic rings. The summed E-state index contributed by atoms with van der Waals surface area (Å²) in [5.41, 5.74) is 0.616. The van der Waals surface area contributed by atoms with Crippen LogP contribution in [0.2, 0.25) is 0 Å². The molecular weight excluding hydrogens is 244 g/mol. The fourth-order valence-corrected chi connectivity index (χ4v) is 1.68. The third-order valence-corrected chi connectivity index (χ3v) is 2.61. The van der Waals surface area contributed by atoms with Crippen molar-refractivity contribution in [3.8, 4) is 5.75 Å². The number of amides is 1. The van der Waals surface area contributed by atoms with Crippen LogP contribution in [0.5, 0.6) is 5.75 Å². The van der Waals surface area contributed by atoms with Crippen molar-refractivity contribution in [2.75, 3.05) is 13.7 Å². The summed E-state index contributed by atoms with van der Waals surface area (Å²) in [4.78, 5) is 17.7. The van der Waals surface area contributed by atoms with E-state index in [-0.39, 0.29) is 5.91 Å². The number of hydrogen-bond donors (Lipinski definition) is 1. The fourth-order valence-electron chi connectivity index (χ4n) is 1.68. The van der Waals surface area contributed by atoms with E-state index in [1.54, 1.807) is 36.2 Å². The Balaban J connectivity index is 2.02. The predicted molar refractivity (Wildman–Crippen MR) is 69.8 cm³/mol. The maximum absolute atomic E-state index is 12.2. The van der Waals surface area contributed by atoms with Crippen molar-refractivity contribution >= 4 is 5.91 Å². The summed E-state index contributed by atoms with van der Waals surface area (Å²) in [7, 11) is 1.72. The first-order valence-corrected chi connectivity index (χ1v) is 6.03. The minimum Gasteiger partial charge on any atom is -0.494 e. The van der Waals surface area contributed by atoms with Crippen LogP contribution in [0.15, 0.2) is 30.6 Å². The molecule has 0 unspecified atom stereocenters. The van der Waals surface area contributed by atoms with Gasteiger partial charge in [-0.3, -0.25) is 9.89 Å². The normalized spacial score (nSPS) is 10.2. The number of nitrogens with zero attached hydrogens (tertiary/aromatic N) is 3. The van der Waals surface area contributed by atoms with Crippen molar-refractivity contribution in [1.29, 1.82) is 0 Å². The van der Waals surface area contributed by atoms with Gasteiger partial charge in [0.05, 0.1) is 13.2 Å². The Morgan fingerprint density at radius 2 is 2.11 bits per heavy atom. The second-order valence-corrected chi connectivity index (χ2v) is 4.05. The average Bonchev–Trinajstić information content (AvgIpc) is 2.92. The van der Waals surface area contributed by atoms with Crippen molar-refractivity contribution in [2.24, 2.45) is 0 Å². The summed E-state index contributed by atoms with van der Waals surface area (Å²) >= 11 is 0. The SMILES string of the molecule is CCOc1ccc(C(=O)N(C)Cc2ncn[nH]2)cc1. The zero-order valence-electron chi connectivity index (χ0n) is 11.0. The van der Waals surface area contributed by atoms with Gasteiger partial charge in [-0.2, -0.15) is 5.10 Å². The zero-order valence-corrected chi connectivity index (χ0v) is 11.0. The van der Waals surface area contributed by atoms with Crippen LogP contribution in [0.1, 0.15) is 23.1 Å². The largest absolute Gasteiger partial charge is 0.494 e. The number of carbonyl (C=O) groups excluding carboxylic acids is 1. The monoisotopic (exact) mass is 260 g/mol. The smallest absolute Gasteiger partial charge is 0.254 e. The number of ether oxygens (including phenoxy) is 1. The topological polar surface area (TPSA) is 71.1 Å². The highest BCUT2D eigenvalue weighted by Gasteiger charge is 2.13. The summed E-state index contributed by atoms with van der Waals surface area (Å²) in [6.07, 6.45) is 1.42. The Kier molecular flexibility index (Phi) is 4.12. The molecule has 1 heterocycles. The lowest BCUT2D eigenvalue weighted by Crippen LogP contribution is -2.26. The Morgan fingerprint density at radius 1 is 1.37 bits per heavy atom. The lowest BCUT2D eigenvalue weighted by Gasteiger charge is -2.15. The van der Waals surface area contributed by atoms with E-state index in [2.05, 4.69) is 15.2 Å². The molecule has 2 rings (SSSR count). The molecule has 0 atom stereocenters. The van der Waals surface area contributed by atoms with Gasteiger partial charge in [-0.1, -0.05) is 0 Å². The molecule has 0 saturated heterocycles. The van der Waals surface area contributed by atoms with Crippen molar-refractivity contribution in [3.63, 3.8) is 0 Å². The van der Waals surface area contributed by atoms with E-state index in [1.165, 1.54) is 6.33 Å². The molecule has 6 heteroatoms. The standard InChI is InChI=1S/C13H16N4O2/c1-3-19-11-6-4-10(5-7-11)13(18)17(2)8-12-14-9-15-16-12/h4-7,9H,3,8H2,1-2H3,(H,14,15,16). The van der Waals surface area contributed by atoms with E-state index in [0.717, 1.165) is 5.75 Å². The molecule has 0 saturated carbocycles. The summed E-state index contributed by atoms with van der Waals surface area (Å²) < 4.78 is 5.34. The summed E-state index contributed by atoms with van der Waals surface area (Å²) in [6.45, 7) is 2.93. The molecule has 0 aliphatic heterocycles. The van der Waals surface area contributed by atoms with E-state index in [1.807, 2.05) is 6.92 Å². The van der Waals surface area contributed by atoms with Gasteiger partial charge in [-0.05, 0) is 31.2 Å². The Bertz CT molecular complexity index is 522. The number of benzene rings is 1. The predicted octanol–water partition coefficient (Wildman–Crippen LogP) is 1.48. The average molecular weight is 260 g/mol. The highest BCUT2D eigenvalue weighted by molar-refractivity contribution is 5.94. The number of hydrogen-bond acceptors (Lipinski definition) is 4. The molecule has 1 amide bonds.